The Bertz CT molecular complexity index is 403. The van der Waals surface area contributed by atoms with Crippen LogP contribution in [0.3, 0.4) is 0 Å². The Kier molecular flexibility index (Phi) is 5.57. The van der Waals surface area contributed by atoms with E-state index in [1.807, 2.05) is 24.3 Å². The normalized spacial score (nSPS) is 15.8. The molecule has 0 N–H and O–H groups in total. The molecule has 0 aromatic heterocycles. The van der Waals surface area contributed by atoms with Crippen molar-refractivity contribution in [1.29, 1.82) is 0 Å². The lowest BCUT2D eigenvalue weighted by Gasteiger charge is -2.11. The Balaban J connectivity index is 3.13. The maximum absolute atomic E-state index is 11.7. The first-order valence-electron chi connectivity index (χ1n) is 5.18. The summed E-state index contributed by atoms with van der Waals surface area (Å²) < 4.78 is 9.65. The van der Waals surface area contributed by atoms with Gasteiger partial charge < -0.3 is 9.47 Å². The molecule has 0 radical (unpaired) electrons. The van der Waals surface area contributed by atoms with Crippen molar-refractivity contribution in [2.45, 2.75) is 6.42 Å². The maximum atomic E-state index is 11.7. The molecule has 1 aliphatic rings. The first kappa shape index (κ1) is 13.6. The fraction of sp³-hybridized carbons (Fsp3) is 0.308. The Hall–Kier alpha value is -1.48. The monoisotopic (exact) mass is 254 g/mol. The number of ether oxygens (including phenoxy) is 2. The zero-order chi connectivity index (χ0) is 12.7. The van der Waals surface area contributed by atoms with Crippen LogP contribution in [0.15, 0.2) is 47.3 Å². The van der Waals surface area contributed by atoms with Crippen molar-refractivity contribution in [3.8, 4) is 0 Å². The van der Waals surface area contributed by atoms with Gasteiger partial charge in [-0.05, 0) is 17.6 Å². The number of esters is 1. The molecule has 0 spiro atoms. The zero-order valence-electron chi connectivity index (χ0n) is 9.90. The van der Waals surface area contributed by atoms with Gasteiger partial charge in [0.15, 0.2) is 0 Å². The first-order valence-corrected chi connectivity index (χ1v) is 5.71. The SMILES string of the molecule is CO/C=C(/C(=O)OC)C1=CCC=CC=C1CCl. The third-order valence-electron chi connectivity index (χ3n) is 2.31. The average molecular weight is 255 g/mol. The zero-order valence-corrected chi connectivity index (χ0v) is 10.7. The molecule has 0 bridgehead atoms. The molecule has 0 aliphatic heterocycles. The number of carbonyl (C=O) groups is 1. The van der Waals surface area contributed by atoms with Crippen LogP contribution in [0.4, 0.5) is 0 Å². The van der Waals surface area contributed by atoms with E-state index in [4.69, 9.17) is 21.1 Å². The number of methoxy groups -OCH3 is 2. The summed E-state index contributed by atoms with van der Waals surface area (Å²) in [5, 5.41) is 0. The standard InChI is InChI=1S/C13H15ClO3/c1-16-9-12(13(15)17-2)11-7-5-3-4-6-10(11)8-14/h3-4,6-7,9H,5,8H2,1-2H3/b12-9+. The second-order valence-corrected chi connectivity index (χ2v) is 3.63. The van der Waals surface area contributed by atoms with E-state index in [9.17, 15) is 4.79 Å². The molecule has 0 fully saturated rings. The van der Waals surface area contributed by atoms with E-state index >= 15 is 0 Å². The fourth-order valence-electron chi connectivity index (χ4n) is 1.52. The summed E-state index contributed by atoms with van der Waals surface area (Å²) in [6.07, 6.45) is 9.84. The summed E-state index contributed by atoms with van der Waals surface area (Å²) in [6.45, 7) is 0. The van der Waals surface area contributed by atoms with Gasteiger partial charge in [-0.25, -0.2) is 4.79 Å². The van der Waals surface area contributed by atoms with Crippen LogP contribution in [0, 0.1) is 0 Å². The summed E-state index contributed by atoms with van der Waals surface area (Å²) >= 11 is 5.88. The molecule has 3 nitrogen and oxygen atoms in total. The van der Waals surface area contributed by atoms with Crippen molar-refractivity contribution in [2.75, 3.05) is 20.1 Å². The highest BCUT2D eigenvalue weighted by Crippen LogP contribution is 2.24. The van der Waals surface area contributed by atoms with Crippen molar-refractivity contribution in [1.82, 2.24) is 0 Å². The number of hydrogen-bond donors (Lipinski definition) is 0. The molecular weight excluding hydrogens is 240 g/mol. The largest absolute Gasteiger partial charge is 0.503 e. The molecule has 1 aliphatic carbocycles. The van der Waals surface area contributed by atoms with Gasteiger partial charge in [-0.15, -0.1) is 11.6 Å². The molecule has 0 amide bonds. The van der Waals surface area contributed by atoms with E-state index in [0.717, 1.165) is 17.6 Å². The third-order valence-corrected chi connectivity index (χ3v) is 2.60. The number of rotatable bonds is 4. The quantitative estimate of drug-likeness (QED) is 0.335. The number of carbonyl (C=O) groups excluding carboxylic acids is 1. The van der Waals surface area contributed by atoms with Crippen LogP contribution >= 0.6 is 11.6 Å². The van der Waals surface area contributed by atoms with Crippen molar-refractivity contribution < 1.29 is 14.3 Å². The van der Waals surface area contributed by atoms with Crippen LogP contribution in [-0.4, -0.2) is 26.1 Å². The van der Waals surface area contributed by atoms with Crippen molar-refractivity contribution in [3.63, 3.8) is 0 Å². The first-order chi connectivity index (χ1) is 8.24. The van der Waals surface area contributed by atoms with Gasteiger partial charge >= 0.3 is 5.97 Å². The molecule has 92 valence electrons. The lowest BCUT2D eigenvalue weighted by Crippen LogP contribution is -2.10. The highest BCUT2D eigenvalue weighted by molar-refractivity contribution is 6.20. The molecule has 4 heteroatoms. The lowest BCUT2D eigenvalue weighted by atomic mass is 9.99. The summed E-state index contributed by atoms with van der Waals surface area (Å²) in [7, 11) is 2.83. The van der Waals surface area contributed by atoms with E-state index in [1.54, 1.807) is 0 Å². The van der Waals surface area contributed by atoms with Gasteiger partial charge in [-0.2, -0.15) is 0 Å². The summed E-state index contributed by atoms with van der Waals surface area (Å²) in [5.41, 5.74) is 2.01. The minimum absolute atomic E-state index is 0.328. The molecule has 0 saturated heterocycles. The van der Waals surface area contributed by atoms with Crippen LogP contribution in [-0.2, 0) is 14.3 Å². The molecule has 0 atom stereocenters. The highest BCUT2D eigenvalue weighted by Gasteiger charge is 2.18. The van der Waals surface area contributed by atoms with Crippen LogP contribution in [0.5, 0.6) is 0 Å². The van der Waals surface area contributed by atoms with Crippen molar-refractivity contribution >= 4 is 17.6 Å². The number of halogens is 1. The molecule has 0 saturated carbocycles. The Morgan fingerprint density at radius 3 is 2.88 bits per heavy atom. The van der Waals surface area contributed by atoms with Crippen LogP contribution < -0.4 is 0 Å². The van der Waals surface area contributed by atoms with Gasteiger partial charge in [-0.1, -0.05) is 24.3 Å². The number of alkyl halides is 1. The van der Waals surface area contributed by atoms with Gasteiger partial charge in [-0.3, -0.25) is 0 Å². The predicted molar refractivity (Wildman–Crippen MR) is 67.8 cm³/mol. The highest BCUT2D eigenvalue weighted by atomic mass is 35.5. The molecule has 1 rings (SSSR count). The van der Waals surface area contributed by atoms with Crippen molar-refractivity contribution in [2.24, 2.45) is 0 Å². The van der Waals surface area contributed by atoms with Gasteiger partial charge in [0.1, 0.15) is 5.57 Å². The molecule has 0 unspecified atom stereocenters. The second kappa shape index (κ2) is 6.97. The molecule has 0 aromatic carbocycles. The minimum Gasteiger partial charge on any atom is -0.503 e. The Labute approximate surface area is 106 Å². The molecule has 0 aromatic rings. The average Bonchev–Trinajstić information content (AvgIpc) is 2.59. The van der Waals surface area contributed by atoms with Crippen molar-refractivity contribution in [3.05, 3.63) is 47.3 Å². The second-order valence-electron chi connectivity index (χ2n) is 3.37. The topological polar surface area (TPSA) is 35.5 Å². The molecule has 17 heavy (non-hydrogen) atoms. The minimum atomic E-state index is -0.434. The lowest BCUT2D eigenvalue weighted by molar-refractivity contribution is -0.135. The Morgan fingerprint density at radius 2 is 2.29 bits per heavy atom. The van der Waals surface area contributed by atoms with Gasteiger partial charge in [0.2, 0.25) is 0 Å². The molecular formula is C13H15ClO3. The van der Waals surface area contributed by atoms with E-state index in [2.05, 4.69) is 0 Å². The van der Waals surface area contributed by atoms with Gasteiger partial charge in [0.25, 0.3) is 0 Å². The third kappa shape index (κ3) is 3.49. The molecule has 0 heterocycles. The van der Waals surface area contributed by atoms with Crippen LogP contribution in [0.25, 0.3) is 0 Å². The summed E-state index contributed by atoms with van der Waals surface area (Å²) in [6, 6.07) is 0. The van der Waals surface area contributed by atoms with Crippen LogP contribution in [0.1, 0.15) is 6.42 Å². The fourth-order valence-corrected chi connectivity index (χ4v) is 1.75. The number of hydrogen-bond acceptors (Lipinski definition) is 3. The van der Waals surface area contributed by atoms with Crippen LogP contribution in [0.2, 0.25) is 0 Å². The number of allylic oxidation sites excluding steroid dienone is 5. The van der Waals surface area contributed by atoms with Gasteiger partial charge in [0.05, 0.1) is 20.5 Å². The van der Waals surface area contributed by atoms with E-state index in [1.165, 1.54) is 20.5 Å². The smallest absolute Gasteiger partial charge is 0.341 e. The van der Waals surface area contributed by atoms with Gasteiger partial charge in [0, 0.05) is 5.88 Å². The van der Waals surface area contributed by atoms with E-state index in [-0.39, 0.29) is 0 Å². The summed E-state index contributed by atoms with van der Waals surface area (Å²) in [4.78, 5) is 11.7. The summed E-state index contributed by atoms with van der Waals surface area (Å²) in [5.74, 6) is -0.107. The van der Waals surface area contributed by atoms with E-state index < -0.39 is 5.97 Å². The Morgan fingerprint density at radius 1 is 1.53 bits per heavy atom. The van der Waals surface area contributed by atoms with E-state index in [0.29, 0.717) is 11.5 Å². The maximum Gasteiger partial charge on any atom is 0.341 e. The predicted octanol–water partition coefficient (Wildman–Crippen LogP) is 2.74.